The van der Waals surface area contributed by atoms with Gasteiger partial charge in [0.05, 0.1) is 29.4 Å². The van der Waals surface area contributed by atoms with Crippen LogP contribution >= 0.6 is 0 Å². The summed E-state index contributed by atoms with van der Waals surface area (Å²) >= 11 is 0. The van der Waals surface area contributed by atoms with Crippen LogP contribution < -0.4 is 15.4 Å². The second-order valence-electron chi connectivity index (χ2n) is 9.09. The standard InChI is InChI=1S/C23H29N9O5/c1-23(2,3)37-22(35)24-9-4-10-31-13-15(11-26-31)27-21-25-12-18-20(28-21)32(30-29-18)16-5-7-17(8-6-16)36-14-19(33)34/h5-8,11-13,22,24,35H,4,9-10,14H2,1-3H3,(H,33,34)(H,25,27,28). The quantitative estimate of drug-likeness (QED) is 0.160. The van der Waals surface area contributed by atoms with Crippen molar-refractivity contribution in [2.45, 2.75) is 45.8 Å². The molecular weight excluding hydrogens is 482 g/mol. The van der Waals surface area contributed by atoms with E-state index in [4.69, 9.17) is 14.6 Å². The average molecular weight is 512 g/mol. The highest BCUT2D eigenvalue weighted by Crippen LogP contribution is 2.20. The zero-order valence-corrected chi connectivity index (χ0v) is 20.7. The first-order chi connectivity index (χ1) is 17.7. The van der Waals surface area contributed by atoms with Gasteiger partial charge in [-0.25, -0.2) is 9.78 Å². The van der Waals surface area contributed by atoms with E-state index in [1.165, 1.54) is 0 Å². The molecule has 0 aliphatic rings. The van der Waals surface area contributed by atoms with Gasteiger partial charge in [0.25, 0.3) is 0 Å². The van der Waals surface area contributed by atoms with Crippen LogP contribution in [-0.2, 0) is 16.1 Å². The molecule has 37 heavy (non-hydrogen) atoms. The predicted molar refractivity (Wildman–Crippen MR) is 133 cm³/mol. The van der Waals surface area contributed by atoms with Crippen LogP contribution in [0.2, 0.25) is 0 Å². The van der Waals surface area contributed by atoms with Gasteiger partial charge in [-0.05, 0) is 51.5 Å². The van der Waals surface area contributed by atoms with E-state index < -0.39 is 24.6 Å². The number of carboxylic acids is 1. The maximum absolute atomic E-state index is 10.7. The van der Waals surface area contributed by atoms with Gasteiger partial charge in [-0.3, -0.25) is 10.00 Å². The van der Waals surface area contributed by atoms with Gasteiger partial charge in [0, 0.05) is 19.3 Å². The van der Waals surface area contributed by atoms with Crippen molar-refractivity contribution >= 4 is 28.8 Å². The monoisotopic (exact) mass is 511 g/mol. The summed E-state index contributed by atoms with van der Waals surface area (Å²) in [5.74, 6) is -0.275. The lowest BCUT2D eigenvalue weighted by molar-refractivity contribution is -0.181. The van der Waals surface area contributed by atoms with Crippen molar-refractivity contribution in [2.75, 3.05) is 18.5 Å². The topological polar surface area (TPSA) is 174 Å². The highest BCUT2D eigenvalue weighted by Gasteiger charge is 2.16. The van der Waals surface area contributed by atoms with Crippen molar-refractivity contribution in [3.05, 3.63) is 42.9 Å². The van der Waals surface area contributed by atoms with Gasteiger partial charge >= 0.3 is 5.97 Å². The molecule has 4 rings (SSSR count). The van der Waals surface area contributed by atoms with Gasteiger partial charge in [-0.2, -0.15) is 14.8 Å². The average Bonchev–Trinajstić information content (AvgIpc) is 3.46. The minimum absolute atomic E-state index is 0.348. The Morgan fingerprint density at radius 1 is 1.19 bits per heavy atom. The summed E-state index contributed by atoms with van der Waals surface area (Å²) in [6, 6.07) is 6.75. The summed E-state index contributed by atoms with van der Waals surface area (Å²) in [5, 5.41) is 37.2. The van der Waals surface area contributed by atoms with Crippen molar-refractivity contribution in [1.82, 2.24) is 40.1 Å². The fourth-order valence-corrected chi connectivity index (χ4v) is 3.31. The Labute approximate surface area is 212 Å². The molecule has 1 aromatic carbocycles. The van der Waals surface area contributed by atoms with Crippen LogP contribution in [0.4, 0.5) is 11.6 Å². The number of aliphatic hydroxyl groups is 1. The van der Waals surface area contributed by atoms with E-state index >= 15 is 0 Å². The Balaban J connectivity index is 1.35. The number of rotatable bonds is 12. The van der Waals surface area contributed by atoms with Crippen LogP contribution in [0.1, 0.15) is 27.2 Å². The number of aromatic nitrogens is 7. The van der Waals surface area contributed by atoms with Crippen LogP contribution in [-0.4, -0.2) is 76.1 Å². The van der Waals surface area contributed by atoms with Crippen LogP contribution in [0.3, 0.4) is 0 Å². The zero-order chi connectivity index (χ0) is 26.4. The van der Waals surface area contributed by atoms with Gasteiger partial charge in [0.2, 0.25) is 12.4 Å². The summed E-state index contributed by atoms with van der Waals surface area (Å²) in [4.78, 5) is 19.5. The molecule has 0 saturated heterocycles. The molecule has 196 valence electrons. The van der Waals surface area contributed by atoms with Crippen molar-refractivity contribution in [2.24, 2.45) is 0 Å². The van der Waals surface area contributed by atoms with E-state index in [0.29, 0.717) is 47.3 Å². The molecule has 0 spiro atoms. The maximum Gasteiger partial charge on any atom is 0.341 e. The molecule has 1 atom stereocenters. The highest BCUT2D eigenvalue weighted by molar-refractivity contribution is 5.72. The van der Waals surface area contributed by atoms with Crippen molar-refractivity contribution in [1.29, 1.82) is 0 Å². The molecule has 0 fully saturated rings. The Morgan fingerprint density at radius 3 is 2.70 bits per heavy atom. The second-order valence-corrected chi connectivity index (χ2v) is 9.09. The predicted octanol–water partition coefficient (Wildman–Crippen LogP) is 1.68. The molecule has 0 bridgehead atoms. The van der Waals surface area contributed by atoms with E-state index in [2.05, 4.69) is 36.0 Å². The Hall–Kier alpha value is -4.14. The molecular formula is C23H29N9O5. The number of anilines is 2. The number of nitrogens with one attached hydrogen (secondary N) is 2. The van der Waals surface area contributed by atoms with Crippen molar-refractivity contribution in [3.8, 4) is 11.4 Å². The number of benzene rings is 1. The van der Waals surface area contributed by atoms with E-state index in [1.54, 1.807) is 46.0 Å². The van der Waals surface area contributed by atoms with Gasteiger partial charge in [-0.15, -0.1) is 5.10 Å². The first-order valence-electron chi connectivity index (χ1n) is 11.6. The summed E-state index contributed by atoms with van der Waals surface area (Å²) in [6.07, 6.45) is 4.79. The van der Waals surface area contributed by atoms with Crippen molar-refractivity contribution in [3.63, 3.8) is 0 Å². The van der Waals surface area contributed by atoms with Crippen LogP contribution in [0, 0.1) is 0 Å². The van der Waals surface area contributed by atoms with Gasteiger partial charge in [0.1, 0.15) is 5.75 Å². The van der Waals surface area contributed by atoms with E-state index in [1.807, 2.05) is 27.0 Å². The molecule has 3 aromatic heterocycles. The Morgan fingerprint density at radius 2 is 1.97 bits per heavy atom. The number of carbonyl (C=O) groups is 1. The fourth-order valence-electron chi connectivity index (χ4n) is 3.31. The van der Waals surface area contributed by atoms with E-state index in [0.717, 1.165) is 6.42 Å². The van der Waals surface area contributed by atoms with Crippen LogP contribution in [0.5, 0.6) is 5.75 Å². The minimum Gasteiger partial charge on any atom is -0.482 e. The number of fused-ring (bicyclic) bond motifs is 1. The highest BCUT2D eigenvalue weighted by atomic mass is 16.6. The summed E-state index contributed by atoms with van der Waals surface area (Å²) in [7, 11) is 0. The summed E-state index contributed by atoms with van der Waals surface area (Å²) in [6.45, 7) is 6.41. The Bertz CT molecular complexity index is 1330. The third-order valence-electron chi connectivity index (χ3n) is 4.87. The summed E-state index contributed by atoms with van der Waals surface area (Å²) in [5.41, 5.74) is 1.96. The van der Waals surface area contributed by atoms with E-state index in [-0.39, 0.29) is 0 Å². The van der Waals surface area contributed by atoms with Gasteiger partial charge < -0.3 is 25.0 Å². The fraction of sp³-hybridized carbons (Fsp3) is 0.391. The van der Waals surface area contributed by atoms with Crippen LogP contribution in [0.25, 0.3) is 16.9 Å². The number of ether oxygens (including phenoxy) is 2. The number of aliphatic carboxylic acids is 1. The van der Waals surface area contributed by atoms with Crippen molar-refractivity contribution < 1.29 is 24.5 Å². The largest absolute Gasteiger partial charge is 0.482 e. The molecule has 0 aliphatic heterocycles. The molecule has 14 nitrogen and oxygen atoms in total. The molecule has 0 radical (unpaired) electrons. The molecule has 0 saturated carbocycles. The lowest BCUT2D eigenvalue weighted by atomic mass is 10.2. The molecule has 0 amide bonds. The maximum atomic E-state index is 10.7. The van der Waals surface area contributed by atoms with E-state index in [9.17, 15) is 9.90 Å². The zero-order valence-electron chi connectivity index (χ0n) is 20.7. The number of hydrogen-bond donors (Lipinski definition) is 4. The number of aliphatic hydroxyl groups excluding tert-OH is 1. The minimum atomic E-state index is -1.05. The number of aryl methyl sites for hydroxylation is 1. The molecule has 14 heteroatoms. The second kappa shape index (κ2) is 11.3. The number of nitrogens with zero attached hydrogens (tertiary/aromatic N) is 7. The molecule has 4 aromatic rings. The normalized spacial score (nSPS) is 12.5. The van der Waals surface area contributed by atoms with Gasteiger partial charge in [0.15, 0.2) is 17.8 Å². The SMILES string of the molecule is CC(C)(C)OC(O)NCCCn1cc(Nc2ncc3nnn(-c4ccc(OCC(=O)O)cc4)c3n2)cn1. The first-order valence-corrected chi connectivity index (χ1v) is 11.6. The molecule has 4 N–H and O–H groups in total. The first kappa shape index (κ1) is 25.9. The molecule has 3 heterocycles. The third kappa shape index (κ3) is 7.42. The van der Waals surface area contributed by atoms with Crippen LogP contribution in [0.15, 0.2) is 42.9 Å². The molecule has 0 aliphatic carbocycles. The Kier molecular flexibility index (Phi) is 7.91. The molecule has 1 unspecified atom stereocenters. The smallest absolute Gasteiger partial charge is 0.341 e. The third-order valence-corrected chi connectivity index (χ3v) is 4.87. The van der Waals surface area contributed by atoms with Gasteiger partial charge in [-0.1, -0.05) is 5.21 Å². The lowest BCUT2D eigenvalue weighted by Gasteiger charge is -2.24. The number of carboxylic acid groups (broad SMARTS) is 1. The lowest BCUT2D eigenvalue weighted by Crippen LogP contribution is -2.38. The summed E-state index contributed by atoms with van der Waals surface area (Å²) < 4.78 is 13.9. The number of hydrogen-bond acceptors (Lipinski definition) is 11.